The van der Waals surface area contributed by atoms with Gasteiger partial charge in [-0.05, 0) is 55.2 Å². The van der Waals surface area contributed by atoms with Crippen LogP contribution in [0.2, 0.25) is 0 Å². The van der Waals surface area contributed by atoms with Crippen LogP contribution in [0.5, 0.6) is 11.5 Å². The molecular formula is C22H27FN2O5S. The van der Waals surface area contributed by atoms with E-state index in [0.29, 0.717) is 24.8 Å². The number of likely N-dealkylation sites (tertiary alicyclic amines) is 1. The summed E-state index contributed by atoms with van der Waals surface area (Å²) in [7, 11) is -1.28. The zero-order valence-corrected chi connectivity index (χ0v) is 18.7. The highest BCUT2D eigenvalue weighted by Gasteiger charge is 2.31. The highest BCUT2D eigenvalue weighted by atomic mass is 32.2. The Bertz CT molecular complexity index is 1020. The first-order chi connectivity index (χ1) is 14.8. The van der Waals surface area contributed by atoms with Crippen LogP contribution in [0.15, 0.2) is 47.4 Å². The molecule has 0 unspecified atom stereocenters. The third-order valence-electron chi connectivity index (χ3n) is 5.47. The van der Waals surface area contributed by atoms with E-state index in [-0.39, 0.29) is 28.8 Å². The van der Waals surface area contributed by atoms with Crippen LogP contribution in [0.4, 0.5) is 10.1 Å². The predicted molar refractivity (Wildman–Crippen MR) is 115 cm³/mol. The zero-order valence-electron chi connectivity index (χ0n) is 17.9. The lowest BCUT2D eigenvalue weighted by atomic mass is 9.99. The van der Waals surface area contributed by atoms with E-state index in [1.54, 1.807) is 4.90 Å². The van der Waals surface area contributed by atoms with Crippen molar-refractivity contribution in [2.24, 2.45) is 5.92 Å². The molecule has 0 aliphatic carbocycles. The Morgan fingerprint density at radius 1 is 1.06 bits per heavy atom. The number of ether oxygens (including phenoxy) is 2. The van der Waals surface area contributed by atoms with Gasteiger partial charge in [0.2, 0.25) is 5.91 Å². The molecule has 0 bridgehead atoms. The second-order valence-electron chi connectivity index (χ2n) is 7.57. The number of amides is 1. The summed E-state index contributed by atoms with van der Waals surface area (Å²) in [6, 6.07) is 9.25. The van der Waals surface area contributed by atoms with E-state index in [1.165, 1.54) is 56.7 Å². The van der Waals surface area contributed by atoms with Gasteiger partial charge in [0.25, 0.3) is 10.0 Å². The lowest BCUT2D eigenvalue weighted by molar-refractivity contribution is -0.130. The summed E-state index contributed by atoms with van der Waals surface area (Å²) in [5, 5.41) is 0. The first kappa shape index (κ1) is 22.9. The van der Waals surface area contributed by atoms with Crippen molar-refractivity contribution in [1.82, 2.24) is 4.90 Å². The number of sulfonamides is 1. The van der Waals surface area contributed by atoms with Crippen LogP contribution in [0.1, 0.15) is 19.8 Å². The van der Waals surface area contributed by atoms with Gasteiger partial charge >= 0.3 is 0 Å². The number of rotatable bonds is 7. The Morgan fingerprint density at radius 3 is 2.26 bits per heavy atom. The van der Waals surface area contributed by atoms with Gasteiger partial charge in [0.1, 0.15) is 12.4 Å². The number of carbonyl (C=O) groups excluding carboxylic acids is 1. The van der Waals surface area contributed by atoms with E-state index in [9.17, 15) is 17.6 Å². The molecule has 0 N–H and O–H groups in total. The molecule has 0 aromatic heterocycles. The van der Waals surface area contributed by atoms with Crippen LogP contribution in [0, 0.1) is 11.7 Å². The molecule has 0 atom stereocenters. The monoisotopic (exact) mass is 450 g/mol. The minimum absolute atomic E-state index is 0.0606. The first-order valence-electron chi connectivity index (χ1n) is 10.0. The van der Waals surface area contributed by atoms with Gasteiger partial charge in [-0.1, -0.05) is 6.92 Å². The molecule has 2 aromatic rings. The molecule has 2 aromatic carbocycles. The minimum Gasteiger partial charge on any atom is -0.493 e. The normalized spacial score (nSPS) is 14.9. The van der Waals surface area contributed by atoms with Crippen molar-refractivity contribution in [2.45, 2.75) is 24.7 Å². The lowest BCUT2D eigenvalue weighted by Gasteiger charge is -2.32. The highest BCUT2D eigenvalue weighted by Crippen LogP contribution is 2.32. The molecule has 7 nitrogen and oxygen atoms in total. The Balaban J connectivity index is 1.97. The summed E-state index contributed by atoms with van der Waals surface area (Å²) in [6.07, 6.45) is 1.76. The van der Waals surface area contributed by atoms with Crippen molar-refractivity contribution in [3.8, 4) is 11.5 Å². The topological polar surface area (TPSA) is 76.2 Å². The number of hydrogen-bond acceptors (Lipinski definition) is 5. The van der Waals surface area contributed by atoms with Crippen LogP contribution in [-0.4, -0.2) is 53.1 Å². The molecule has 1 fully saturated rings. The van der Waals surface area contributed by atoms with Crippen LogP contribution in [-0.2, 0) is 14.8 Å². The summed E-state index contributed by atoms with van der Waals surface area (Å²) in [5.74, 6) is 0.379. The zero-order chi connectivity index (χ0) is 22.6. The molecule has 1 aliphatic heterocycles. The van der Waals surface area contributed by atoms with E-state index in [1.807, 2.05) is 0 Å². The molecule has 9 heteroatoms. The molecule has 0 radical (unpaired) electrons. The van der Waals surface area contributed by atoms with Crippen LogP contribution in [0.3, 0.4) is 0 Å². The SMILES string of the molecule is COc1ccc(S(=O)(=O)N(CC(=O)N2CCC(C)CC2)c2ccc(F)cc2)cc1OC. The van der Waals surface area contributed by atoms with E-state index < -0.39 is 15.8 Å². The summed E-state index contributed by atoms with van der Waals surface area (Å²) in [5.41, 5.74) is 0.204. The molecule has 168 valence electrons. The second kappa shape index (κ2) is 9.55. The lowest BCUT2D eigenvalue weighted by Crippen LogP contribution is -2.45. The van der Waals surface area contributed by atoms with Crippen molar-refractivity contribution < 1.29 is 27.1 Å². The van der Waals surface area contributed by atoms with Gasteiger partial charge in [-0.15, -0.1) is 0 Å². The summed E-state index contributed by atoms with van der Waals surface area (Å²) >= 11 is 0. The fourth-order valence-electron chi connectivity index (χ4n) is 3.51. The summed E-state index contributed by atoms with van der Waals surface area (Å²) in [4.78, 5) is 14.6. The number of hydrogen-bond donors (Lipinski definition) is 0. The molecule has 1 amide bonds. The van der Waals surface area contributed by atoms with Crippen LogP contribution >= 0.6 is 0 Å². The second-order valence-corrected chi connectivity index (χ2v) is 9.43. The number of nitrogens with zero attached hydrogens (tertiary/aromatic N) is 2. The van der Waals surface area contributed by atoms with Gasteiger partial charge in [-0.3, -0.25) is 9.10 Å². The van der Waals surface area contributed by atoms with E-state index >= 15 is 0 Å². The molecule has 0 saturated carbocycles. The molecule has 1 heterocycles. The van der Waals surface area contributed by atoms with Crippen molar-refractivity contribution in [2.75, 3.05) is 38.2 Å². The standard InChI is InChI=1S/C22H27FN2O5S/c1-16-10-12-24(13-11-16)22(26)15-25(18-6-4-17(23)5-7-18)31(27,28)19-8-9-20(29-2)21(14-19)30-3/h4-9,14,16H,10-13,15H2,1-3H3. The molecule has 1 saturated heterocycles. The number of carbonyl (C=O) groups is 1. The first-order valence-corrected chi connectivity index (χ1v) is 11.5. The molecule has 3 rings (SSSR count). The highest BCUT2D eigenvalue weighted by molar-refractivity contribution is 7.92. The quantitative estimate of drug-likeness (QED) is 0.647. The fraction of sp³-hybridized carbons (Fsp3) is 0.409. The molecule has 0 spiro atoms. The van der Waals surface area contributed by atoms with Gasteiger partial charge in [-0.25, -0.2) is 12.8 Å². The Kier molecular flexibility index (Phi) is 7.04. The maximum Gasteiger partial charge on any atom is 0.264 e. The molecule has 1 aliphatic rings. The third kappa shape index (κ3) is 5.10. The number of methoxy groups -OCH3 is 2. The van der Waals surface area contributed by atoms with Gasteiger partial charge in [-0.2, -0.15) is 0 Å². The minimum atomic E-state index is -4.14. The molecule has 31 heavy (non-hydrogen) atoms. The number of anilines is 1. The van der Waals surface area contributed by atoms with Crippen LogP contribution < -0.4 is 13.8 Å². The van der Waals surface area contributed by atoms with Gasteiger partial charge in [0.05, 0.1) is 24.8 Å². The third-order valence-corrected chi connectivity index (χ3v) is 7.24. The van der Waals surface area contributed by atoms with Crippen molar-refractivity contribution in [3.63, 3.8) is 0 Å². The average Bonchev–Trinajstić information content (AvgIpc) is 2.77. The number of benzene rings is 2. The van der Waals surface area contributed by atoms with Gasteiger partial charge < -0.3 is 14.4 Å². The van der Waals surface area contributed by atoms with E-state index in [2.05, 4.69) is 6.92 Å². The van der Waals surface area contributed by atoms with E-state index in [4.69, 9.17) is 9.47 Å². The maximum atomic E-state index is 13.5. The van der Waals surface area contributed by atoms with Gasteiger partial charge in [0, 0.05) is 19.2 Å². The summed E-state index contributed by atoms with van der Waals surface area (Å²) in [6.45, 7) is 2.94. The Hall–Kier alpha value is -2.81. The molecular weight excluding hydrogens is 423 g/mol. The Morgan fingerprint density at radius 2 is 1.68 bits per heavy atom. The predicted octanol–water partition coefficient (Wildman–Crippen LogP) is 3.30. The van der Waals surface area contributed by atoms with Crippen LogP contribution in [0.25, 0.3) is 0 Å². The van der Waals surface area contributed by atoms with Crippen molar-refractivity contribution in [3.05, 3.63) is 48.3 Å². The van der Waals surface area contributed by atoms with E-state index in [0.717, 1.165) is 17.1 Å². The largest absolute Gasteiger partial charge is 0.493 e. The smallest absolute Gasteiger partial charge is 0.264 e. The maximum absolute atomic E-state index is 13.5. The van der Waals surface area contributed by atoms with Gasteiger partial charge in [0.15, 0.2) is 11.5 Å². The average molecular weight is 451 g/mol. The summed E-state index contributed by atoms with van der Waals surface area (Å²) < 4.78 is 51.9. The fourth-order valence-corrected chi connectivity index (χ4v) is 4.94. The number of piperidine rings is 1. The number of halogens is 1. The van der Waals surface area contributed by atoms with Crippen molar-refractivity contribution in [1.29, 1.82) is 0 Å². The van der Waals surface area contributed by atoms with Crippen molar-refractivity contribution >= 4 is 21.6 Å². The Labute approximate surface area is 182 Å².